The number of benzene rings is 1. The van der Waals surface area contributed by atoms with E-state index >= 15 is 0 Å². The van der Waals surface area contributed by atoms with Gasteiger partial charge in [0, 0.05) is 18.2 Å². The molecule has 1 unspecified atom stereocenters. The van der Waals surface area contributed by atoms with Gasteiger partial charge in [0.15, 0.2) is 9.84 Å². The van der Waals surface area contributed by atoms with E-state index in [2.05, 4.69) is 11.8 Å². The highest BCUT2D eigenvalue weighted by Crippen LogP contribution is 2.34. The minimum absolute atomic E-state index is 0.0852. The molecule has 116 valence electrons. The van der Waals surface area contributed by atoms with Crippen LogP contribution >= 0.6 is 0 Å². The Morgan fingerprint density at radius 2 is 2.14 bits per heavy atom. The third-order valence-corrected chi connectivity index (χ3v) is 5.91. The van der Waals surface area contributed by atoms with Gasteiger partial charge in [0.2, 0.25) is 0 Å². The van der Waals surface area contributed by atoms with E-state index in [-0.39, 0.29) is 16.5 Å². The van der Waals surface area contributed by atoms with E-state index in [1.807, 2.05) is 7.05 Å². The van der Waals surface area contributed by atoms with Gasteiger partial charge < -0.3 is 10.6 Å². The largest absolute Gasteiger partial charge is 0.384 e. The van der Waals surface area contributed by atoms with Gasteiger partial charge in [-0.1, -0.05) is 12.1 Å². The quantitative estimate of drug-likeness (QED) is 0.590. The number of nitrogens with one attached hydrogen (secondary N) is 1. The van der Waals surface area contributed by atoms with Crippen LogP contribution in [0.15, 0.2) is 29.2 Å². The van der Waals surface area contributed by atoms with E-state index in [1.165, 1.54) is 18.9 Å². The lowest BCUT2D eigenvalue weighted by Crippen LogP contribution is -2.34. The smallest absolute Gasteiger partial charge is 0.179 e. The van der Waals surface area contributed by atoms with Crippen LogP contribution in [0.3, 0.4) is 0 Å². The summed E-state index contributed by atoms with van der Waals surface area (Å²) in [6.45, 7) is 2.67. The summed E-state index contributed by atoms with van der Waals surface area (Å²) in [5.41, 5.74) is 5.85. The maximum absolute atomic E-state index is 12.4. The fourth-order valence-corrected chi connectivity index (χ4v) is 3.74. The molecule has 1 atom stereocenters. The normalized spacial score (nSPS) is 16.9. The standard InChI is InChI=1S/C15H23N3O2S/c1-11(12-6-7-12)18(2)8-9-21(19,20)14-5-3-4-13(10-14)15(16)17/h3-5,10-12H,6-9H2,1-2H3,(H3,16,17). The third kappa shape index (κ3) is 4.04. The average Bonchev–Trinajstić information content (AvgIpc) is 3.28. The molecule has 0 spiro atoms. The minimum Gasteiger partial charge on any atom is -0.384 e. The lowest BCUT2D eigenvalue weighted by Gasteiger charge is -2.24. The molecule has 5 nitrogen and oxygen atoms in total. The highest BCUT2D eigenvalue weighted by atomic mass is 32.2. The fourth-order valence-electron chi connectivity index (χ4n) is 2.38. The van der Waals surface area contributed by atoms with Crippen molar-refractivity contribution in [3.8, 4) is 0 Å². The Kier molecular flexibility index (Phi) is 4.68. The van der Waals surface area contributed by atoms with Gasteiger partial charge >= 0.3 is 0 Å². The van der Waals surface area contributed by atoms with E-state index in [0.717, 1.165) is 5.92 Å². The van der Waals surface area contributed by atoms with Gasteiger partial charge in [0.1, 0.15) is 5.84 Å². The van der Waals surface area contributed by atoms with Crippen LogP contribution in [0, 0.1) is 11.3 Å². The van der Waals surface area contributed by atoms with Gasteiger partial charge in [-0.2, -0.15) is 0 Å². The molecule has 0 amide bonds. The van der Waals surface area contributed by atoms with Crippen molar-refractivity contribution in [2.24, 2.45) is 11.7 Å². The van der Waals surface area contributed by atoms with Crippen molar-refractivity contribution < 1.29 is 8.42 Å². The Bertz CT molecular complexity index is 624. The van der Waals surface area contributed by atoms with Gasteiger partial charge in [-0.3, -0.25) is 5.41 Å². The van der Waals surface area contributed by atoms with Gasteiger partial charge in [0.25, 0.3) is 0 Å². The first-order valence-corrected chi connectivity index (χ1v) is 8.84. The van der Waals surface area contributed by atoms with Crippen LogP contribution in [-0.2, 0) is 9.84 Å². The highest BCUT2D eigenvalue weighted by Gasteiger charge is 2.30. The molecule has 0 aliphatic heterocycles. The first kappa shape index (κ1) is 16.0. The van der Waals surface area contributed by atoms with E-state index in [1.54, 1.807) is 18.2 Å². The molecule has 21 heavy (non-hydrogen) atoms. The molecule has 0 aromatic heterocycles. The molecule has 0 bridgehead atoms. The molecule has 1 aliphatic carbocycles. The molecule has 2 rings (SSSR count). The van der Waals surface area contributed by atoms with Crippen molar-refractivity contribution in [3.05, 3.63) is 29.8 Å². The van der Waals surface area contributed by atoms with Crippen LogP contribution in [0.1, 0.15) is 25.3 Å². The van der Waals surface area contributed by atoms with Crippen molar-refractivity contribution in [3.63, 3.8) is 0 Å². The molecular formula is C15H23N3O2S. The molecule has 0 radical (unpaired) electrons. The van der Waals surface area contributed by atoms with Gasteiger partial charge in [-0.15, -0.1) is 0 Å². The Morgan fingerprint density at radius 1 is 1.48 bits per heavy atom. The first-order chi connectivity index (χ1) is 9.81. The average molecular weight is 309 g/mol. The predicted molar refractivity (Wildman–Crippen MR) is 84.3 cm³/mol. The SMILES string of the molecule is CC(C1CC1)N(C)CCS(=O)(=O)c1cccc(C(=N)N)c1. The first-order valence-electron chi connectivity index (χ1n) is 7.18. The number of amidine groups is 1. The highest BCUT2D eigenvalue weighted by molar-refractivity contribution is 7.91. The summed E-state index contributed by atoms with van der Waals surface area (Å²) in [7, 11) is -1.37. The number of nitrogens with two attached hydrogens (primary N) is 1. The third-order valence-electron chi connectivity index (χ3n) is 4.22. The fraction of sp³-hybridized carbons (Fsp3) is 0.533. The van der Waals surface area contributed by atoms with Gasteiger partial charge in [-0.25, -0.2) is 8.42 Å². The van der Waals surface area contributed by atoms with E-state index in [4.69, 9.17) is 11.1 Å². The number of nitrogens with zero attached hydrogens (tertiary/aromatic N) is 1. The van der Waals surface area contributed by atoms with Crippen molar-refractivity contribution in [2.45, 2.75) is 30.7 Å². The second-order valence-corrected chi connectivity index (χ2v) is 7.93. The summed E-state index contributed by atoms with van der Waals surface area (Å²) >= 11 is 0. The minimum atomic E-state index is -3.34. The monoisotopic (exact) mass is 309 g/mol. The zero-order valence-corrected chi connectivity index (χ0v) is 13.4. The number of nitrogen functional groups attached to an aromatic ring is 1. The molecule has 1 fully saturated rings. The molecule has 3 N–H and O–H groups in total. The maximum Gasteiger partial charge on any atom is 0.179 e. The summed E-state index contributed by atoms with van der Waals surface area (Å²) < 4.78 is 24.8. The Morgan fingerprint density at radius 3 is 2.71 bits per heavy atom. The second kappa shape index (κ2) is 6.15. The topological polar surface area (TPSA) is 87.2 Å². The lowest BCUT2D eigenvalue weighted by atomic mass is 10.2. The summed E-state index contributed by atoms with van der Waals surface area (Å²) in [4.78, 5) is 2.35. The van der Waals surface area contributed by atoms with Crippen LogP contribution in [0.4, 0.5) is 0 Å². The van der Waals surface area contributed by atoms with Crippen molar-refractivity contribution in [1.82, 2.24) is 4.90 Å². The Balaban J connectivity index is 2.04. The molecule has 6 heteroatoms. The van der Waals surface area contributed by atoms with Gasteiger partial charge in [0.05, 0.1) is 10.6 Å². The van der Waals surface area contributed by atoms with E-state index in [0.29, 0.717) is 18.2 Å². The van der Waals surface area contributed by atoms with Crippen molar-refractivity contribution in [1.29, 1.82) is 5.41 Å². The molecule has 0 heterocycles. The number of hydrogen-bond acceptors (Lipinski definition) is 4. The Labute approximate surface area is 126 Å². The molecule has 0 saturated heterocycles. The zero-order chi connectivity index (χ0) is 15.6. The maximum atomic E-state index is 12.4. The summed E-state index contributed by atoms with van der Waals surface area (Å²) in [6, 6.07) is 6.74. The summed E-state index contributed by atoms with van der Waals surface area (Å²) in [5.74, 6) is 0.687. The van der Waals surface area contributed by atoms with Crippen LogP contribution < -0.4 is 5.73 Å². The molecular weight excluding hydrogens is 286 g/mol. The Hall–Kier alpha value is -1.40. The van der Waals surface area contributed by atoms with E-state index < -0.39 is 9.84 Å². The van der Waals surface area contributed by atoms with Gasteiger partial charge in [-0.05, 0) is 44.9 Å². The predicted octanol–water partition coefficient (Wildman–Crippen LogP) is 1.47. The van der Waals surface area contributed by atoms with Crippen molar-refractivity contribution >= 4 is 15.7 Å². The van der Waals surface area contributed by atoms with Crippen LogP contribution in [0.5, 0.6) is 0 Å². The summed E-state index contributed by atoms with van der Waals surface area (Å²) in [5, 5.41) is 7.39. The number of hydrogen-bond donors (Lipinski definition) is 2. The van der Waals surface area contributed by atoms with Crippen molar-refractivity contribution in [2.75, 3.05) is 19.3 Å². The van der Waals surface area contributed by atoms with Crippen LogP contribution in [-0.4, -0.2) is 44.5 Å². The number of sulfone groups is 1. The molecule has 1 aromatic carbocycles. The second-order valence-electron chi connectivity index (χ2n) is 5.82. The zero-order valence-electron chi connectivity index (χ0n) is 12.5. The van der Waals surface area contributed by atoms with Crippen LogP contribution in [0.2, 0.25) is 0 Å². The molecule has 1 aliphatic rings. The van der Waals surface area contributed by atoms with Crippen LogP contribution in [0.25, 0.3) is 0 Å². The molecule has 1 aromatic rings. The number of rotatable bonds is 7. The summed E-state index contributed by atoms with van der Waals surface area (Å²) in [6.07, 6.45) is 2.50. The van der Waals surface area contributed by atoms with E-state index in [9.17, 15) is 8.42 Å². The molecule has 1 saturated carbocycles. The lowest BCUT2D eigenvalue weighted by molar-refractivity contribution is 0.247.